The van der Waals surface area contributed by atoms with E-state index in [1.54, 1.807) is 6.92 Å². The summed E-state index contributed by atoms with van der Waals surface area (Å²) in [5.74, 6) is -0.135. The third-order valence-corrected chi connectivity index (χ3v) is 3.64. The Bertz CT molecular complexity index is 497. The van der Waals surface area contributed by atoms with Gasteiger partial charge in [-0.3, -0.25) is 4.79 Å². The first-order valence-corrected chi connectivity index (χ1v) is 6.87. The highest BCUT2D eigenvalue weighted by molar-refractivity contribution is 6.33. The molecule has 0 heterocycles. The molecular formula is C15H21ClO4. The van der Waals surface area contributed by atoms with E-state index in [4.69, 9.17) is 26.2 Å². The van der Waals surface area contributed by atoms with Crippen LogP contribution in [0.25, 0.3) is 0 Å². The zero-order valence-electron chi connectivity index (χ0n) is 12.5. The van der Waals surface area contributed by atoms with Crippen LogP contribution in [0.15, 0.2) is 6.07 Å². The predicted molar refractivity (Wildman–Crippen MR) is 79.1 cm³/mol. The summed E-state index contributed by atoms with van der Waals surface area (Å²) in [7, 11) is 3.07. The Balaban J connectivity index is 3.41. The first kappa shape index (κ1) is 16.6. The van der Waals surface area contributed by atoms with Gasteiger partial charge in [-0.1, -0.05) is 32.4 Å². The van der Waals surface area contributed by atoms with Crippen molar-refractivity contribution in [1.29, 1.82) is 0 Å². The molecule has 0 radical (unpaired) electrons. The summed E-state index contributed by atoms with van der Waals surface area (Å²) in [6.45, 7) is 5.71. The van der Waals surface area contributed by atoms with Gasteiger partial charge in [-0.25, -0.2) is 0 Å². The molecule has 0 amide bonds. The molecule has 0 bridgehead atoms. The minimum absolute atomic E-state index is 0.165. The topological polar surface area (TPSA) is 55.8 Å². The molecule has 20 heavy (non-hydrogen) atoms. The maximum Gasteiger partial charge on any atom is 0.306 e. The molecular weight excluding hydrogens is 280 g/mol. The summed E-state index contributed by atoms with van der Waals surface area (Å²) in [6.07, 6.45) is 0.406. The maximum absolute atomic E-state index is 11.1. The second-order valence-electron chi connectivity index (χ2n) is 5.10. The number of halogens is 1. The van der Waals surface area contributed by atoms with Crippen LogP contribution in [-0.4, -0.2) is 25.3 Å². The van der Waals surface area contributed by atoms with Gasteiger partial charge in [-0.2, -0.15) is 0 Å². The number of carbonyl (C=O) groups is 1. The molecule has 4 nitrogen and oxygen atoms in total. The number of methoxy groups -OCH3 is 2. The quantitative estimate of drug-likeness (QED) is 0.869. The lowest BCUT2D eigenvalue weighted by molar-refractivity contribution is -0.141. The fourth-order valence-corrected chi connectivity index (χ4v) is 2.73. The summed E-state index contributed by atoms with van der Waals surface area (Å²) in [6, 6.07) is 1.82. The molecule has 0 aliphatic rings. The monoisotopic (exact) mass is 300 g/mol. The number of aliphatic carboxylic acids is 1. The van der Waals surface area contributed by atoms with Crippen molar-refractivity contribution in [3.63, 3.8) is 0 Å². The SMILES string of the molecule is COc1cc(CC(C)C(=O)O)c(C(C)C)c(Cl)c1OC. The molecule has 1 N–H and O–H groups in total. The van der Waals surface area contributed by atoms with Gasteiger partial charge in [0.25, 0.3) is 0 Å². The molecule has 0 aliphatic carbocycles. The Labute approximate surface area is 124 Å². The molecule has 0 saturated heterocycles. The van der Waals surface area contributed by atoms with Gasteiger partial charge in [0, 0.05) is 0 Å². The number of rotatable bonds is 6. The van der Waals surface area contributed by atoms with Crippen LogP contribution in [0.5, 0.6) is 11.5 Å². The molecule has 1 rings (SSSR count). The van der Waals surface area contributed by atoms with Gasteiger partial charge in [0.05, 0.1) is 25.2 Å². The highest BCUT2D eigenvalue weighted by Gasteiger charge is 2.23. The molecule has 112 valence electrons. The van der Waals surface area contributed by atoms with E-state index in [9.17, 15) is 4.79 Å². The highest BCUT2D eigenvalue weighted by atomic mass is 35.5. The van der Waals surface area contributed by atoms with Gasteiger partial charge in [0.15, 0.2) is 11.5 Å². The van der Waals surface area contributed by atoms with E-state index in [1.807, 2.05) is 19.9 Å². The molecule has 0 spiro atoms. The van der Waals surface area contributed by atoms with Crippen molar-refractivity contribution in [3.05, 3.63) is 22.2 Å². The van der Waals surface area contributed by atoms with Crippen molar-refractivity contribution in [1.82, 2.24) is 0 Å². The van der Waals surface area contributed by atoms with Crippen LogP contribution in [0.4, 0.5) is 0 Å². The van der Waals surface area contributed by atoms with Crippen LogP contribution < -0.4 is 9.47 Å². The van der Waals surface area contributed by atoms with Gasteiger partial charge in [-0.05, 0) is 29.5 Å². The fraction of sp³-hybridized carbons (Fsp3) is 0.533. The first-order chi connectivity index (χ1) is 9.33. The Hall–Kier alpha value is -1.42. The number of carboxylic acid groups (broad SMARTS) is 1. The van der Waals surface area contributed by atoms with Gasteiger partial charge in [0.1, 0.15) is 0 Å². The van der Waals surface area contributed by atoms with Gasteiger partial charge in [0.2, 0.25) is 0 Å². The number of carboxylic acids is 1. The van der Waals surface area contributed by atoms with Gasteiger partial charge in [-0.15, -0.1) is 0 Å². The van der Waals surface area contributed by atoms with Crippen molar-refractivity contribution in [2.24, 2.45) is 5.92 Å². The average Bonchev–Trinajstić information content (AvgIpc) is 2.37. The molecule has 1 atom stereocenters. The highest BCUT2D eigenvalue weighted by Crippen LogP contribution is 2.43. The fourth-order valence-electron chi connectivity index (χ4n) is 2.23. The standard InChI is InChI=1S/C15H21ClO4/c1-8(2)12-10(6-9(3)15(17)18)7-11(19-4)14(20-5)13(12)16/h7-9H,6H2,1-5H3,(H,17,18). The van der Waals surface area contributed by atoms with Crippen molar-refractivity contribution < 1.29 is 19.4 Å². The van der Waals surface area contributed by atoms with Crippen LogP contribution in [0, 0.1) is 5.92 Å². The van der Waals surface area contributed by atoms with Crippen LogP contribution in [-0.2, 0) is 11.2 Å². The number of hydrogen-bond donors (Lipinski definition) is 1. The molecule has 1 unspecified atom stereocenters. The normalized spacial score (nSPS) is 12.3. The molecule has 0 aromatic heterocycles. The zero-order valence-corrected chi connectivity index (χ0v) is 13.2. The predicted octanol–water partition coefficient (Wildman–Crippen LogP) is 3.74. The van der Waals surface area contributed by atoms with Crippen LogP contribution in [0.1, 0.15) is 37.8 Å². The van der Waals surface area contributed by atoms with E-state index >= 15 is 0 Å². The minimum Gasteiger partial charge on any atom is -0.493 e. The lowest BCUT2D eigenvalue weighted by Gasteiger charge is -2.20. The summed E-state index contributed by atoms with van der Waals surface area (Å²) in [5, 5.41) is 9.58. The lowest BCUT2D eigenvalue weighted by atomic mass is 9.90. The minimum atomic E-state index is -0.828. The Morgan fingerprint density at radius 3 is 2.30 bits per heavy atom. The molecule has 0 aliphatic heterocycles. The van der Waals surface area contributed by atoms with Gasteiger partial charge < -0.3 is 14.6 Å². The van der Waals surface area contributed by atoms with Crippen LogP contribution in [0.2, 0.25) is 5.02 Å². The summed E-state index contributed by atoms with van der Waals surface area (Å²) in [4.78, 5) is 11.1. The van der Waals surface area contributed by atoms with E-state index in [0.29, 0.717) is 22.9 Å². The Morgan fingerprint density at radius 2 is 1.90 bits per heavy atom. The summed E-state index contributed by atoms with van der Waals surface area (Å²) >= 11 is 6.40. The Morgan fingerprint density at radius 1 is 1.30 bits per heavy atom. The number of ether oxygens (including phenoxy) is 2. The lowest BCUT2D eigenvalue weighted by Crippen LogP contribution is -2.14. The molecule has 0 fully saturated rings. The van der Waals surface area contributed by atoms with Crippen molar-refractivity contribution in [3.8, 4) is 11.5 Å². The second-order valence-corrected chi connectivity index (χ2v) is 5.47. The van der Waals surface area contributed by atoms with Crippen molar-refractivity contribution in [2.45, 2.75) is 33.1 Å². The summed E-state index contributed by atoms with van der Waals surface area (Å²) < 4.78 is 10.6. The third kappa shape index (κ3) is 3.37. The largest absolute Gasteiger partial charge is 0.493 e. The molecule has 1 aromatic rings. The second kappa shape index (κ2) is 6.84. The van der Waals surface area contributed by atoms with Crippen LogP contribution in [0.3, 0.4) is 0 Å². The van der Waals surface area contributed by atoms with E-state index in [1.165, 1.54) is 14.2 Å². The molecule has 0 saturated carbocycles. The van der Waals surface area contributed by atoms with E-state index in [2.05, 4.69) is 0 Å². The first-order valence-electron chi connectivity index (χ1n) is 6.49. The van der Waals surface area contributed by atoms with E-state index in [0.717, 1.165) is 11.1 Å². The third-order valence-electron chi connectivity index (χ3n) is 3.26. The number of benzene rings is 1. The number of hydrogen-bond acceptors (Lipinski definition) is 3. The smallest absolute Gasteiger partial charge is 0.306 e. The average molecular weight is 301 g/mol. The molecule has 1 aromatic carbocycles. The van der Waals surface area contributed by atoms with Crippen molar-refractivity contribution in [2.75, 3.05) is 14.2 Å². The van der Waals surface area contributed by atoms with E-state index < -0.39 is 11.9 Å². The van der Waals surface area contributed by atoms with Crippen LogP contribution >= 0.6 is 11.6 Å². The maximum atomic E-state index is 11.1. The zero-order chi connectivity index (χ0) is 15.4. The van der Waals surface area contributed by atoms with E-state index in [-0.39, 0.29) is 5.92 Å². The van der Waals surface area contributed by atoms with Gasteiger partial charge >= 0.3 is 5.97 Å². The summed E-state index contributed by atoms with van der Waals surface area (Å²) in [5.41, 5.74) is 1.80. The Kier molecular flexibility index (Phi) is 5.69. The van der Waals surface area contributed by atoms with Crippen molar-refractivity contribution >= 4 is 17.6 Å². The molecule has 5 heteroatoms.